The highest BCUT2D eigenvalue weighted by Crippen LogP contribution is 2.25. The molecular formula is C19H22ClN3O. The molecule has 3 rings (SSSR count). The van der Waals surface area contributed by atoms with Crippen molar-refractivity contribution in [1.29, 1.82) is 0 Å². The predicted molar refractivity (Wildman–Crippen MR) is 98.6 cm³/mol. The van der Waals surface area contributed by atoms with Crippen LogP contribution in [0.2, 0.25) is 5.02 Å². The summed E-state index contributed by atoms with van der Waals surface area (Å²) in [5.41, 5.74) is 9.52. The summed E-state index contributed by atoms with van der Waals surface area (Å²) >= 11 is 6.14. The average Bonchev–Trinajstić information content (AvgIpc) is 2.58. The highest BCUT2D eigenvalue weighted by atomic mass is 35.5. The molecule has 1 aliphatic rings. The number of aryl methyl sites for hydroxylation is 1. The molecule has 0 spiro atoms. The Bertz CT molecular complexity index is 739. The number of piperazine rings is 1. The first-order chi connectivity index (χ1) is 11.5. The summed E-state index contributed by atoms with van der Waals surface area (Å²) in [4.78, 5) is 16.1. The Labute approximate surface area is 147 Å². The number of nitrogens with two attached hydrogens (primary N) is 1. The molecule has 1 amide bonds. The van der Waals surface area contributed by atoms with Gasteiger partial charge in [-0.05, 0) is 42.3 Å². The molecule has 0 aliphatic carbocycles. The molecular weight excluding hydrogens is 322 g/mol. The van der Waals surface area contributed by atoms with Gasteiger partial charge in [-0.3, -0.25) is 9.69 Å². The van der Waals surface area contributed by atoms with E-state index in [1.54, 1.807) is 6.07 Å². The third-order valence-corrected chi connectivity index (χ3v) is 4.74. The Kier molecular flexibility index (Phi) is 5.07. The second kappa shape index (κ2) is 7.24. The van der Waals surface area contributed by atoms with E-state index < -0.39 is 0 Å². The molecule has 1 fully saturated rings. The number of carbonyl (C=O) groups is 1. The maximum Gasteiger partial charge on any atom is 0.248 e. The Morgan fingerprint density at radius 1 is 1.12 bits per heavy atom. The van der Waals surface area contributed by atoms with Crippen LogP contribution >= 0.6 is 11.6 Å². The fourth-order valence-electron chi connectivity index (χ4n) is 3.15. The molecule has 0 unspecified atom stereocenters. The summed E-state index contributed by atoms with van der Waals surface area (Å²) in [7, 11) is 0. The van der Waals surface area contributed by atoms with Crippen LogP contribution in [0, 0.1) is 6.92 Å². The maximum atomic E-state index is 11.3. The Morgan fingerprint density at radius 3 is 2.58 bits per heavy atom. The molecule has 1 aliphatic heterocycles. The van der Waals surface area contributed by atoms with Crippen molar-refractivity contribution in [2.24, 2.45) is 5.73 Å². The van der Waals surface area contributed by atoms with Gasteiger partial charge in [0.25, 0.3) is 0 Å². The van der Waals surface area contributed by atoms with Gasteiger partial charge in [-0.1, -0.05) is 29.8 Å². The topological polar surface area (TPSA) is 49.6 Å². The SMILES string of the molecule is Cc1ccc(Cl)cc1N1CCN(Cc2cccc(C(N)=O)c2)CC1. The van der Waals surface area contributed by atoms with Crippen LogP contribution in [0.4, 0.5) is 5.69 Å². The third kappa shape index (κ3) is 3.89. The lowest BCUT2D eigenvalue weighted by Gasteiger charge is -2.37. The quantitative estimate of drug-likeness (QED) is 0.928. The number of carbonyl (C=O) groups excluding carboxylic acids is 1. The summed E-state index contributed by atoms with van der Waals surface area (Å²) in [5, 5.41) is 0.779. The molecule has 0 saturated carbocycles. The summed E-state index contributed by atoms with van der Waals surface area (Å²) in [6.45, 7) is 6.85. The molecule has 0 aromatic heterocycles. The lowest BCUT2D eigenvalue weighted by Crippen LogP contribution is -2.46. The summed E-state index contributed by atoms with van der Waals surface area (Å²) < 4.78 is 0. The van der Waals surface area contributed by atoms with Gasteiger partial charge < -0.3 is 10.6 Å². The smallest absolute Gasteiger partial charge is 0.248 e. The lowest BCUT2D eigenvalue weighted by molar-refractivity contribution is 0.1000. The van der Waals surface area contributed by atoms with Crippen molar-refractivity contribution in [1.82, 2.24) is 4.90 Å². The van der Waals surface area contributed by atoms with Gasteiger partial charge in [-0.2, -0.15) is 0 Å². The predicted octanol–water partition coefficient (Wildman–Crippen LogP) is 3.07. The van der Waals surface area contributed by atoms with Crippen molar-refractivity contribution < 1.29 is 4.79 Å². The standard InChI is InChI=1S/C19H22ClN3O/c1-14-5-6-17(20)12-18(14)23-9-7-22(8-10-23)13-15-3-2-4-16(11-15)19(21)24/h2-6,11-12H,7-10,13H2,1H3,(H2,21,24). The van der Waals surface area contributed by atoms with E-state index in [2.05, 4.69) is 22.8 Å². The van der Waals surface area contributed by atoms with Crippen LogP contribution in [0.1, 0.15) is 21.5 Å². The van der Waals surface area contributed by atoms with Crippen LogP contribution < -0.4 is 10.6 Å². The first-order valence-corrected chi connectivity index (χ1v) is 8.53. The van der Waals surface area contributed by atoms with Crippen molar-refractivity contribution in [2.45, 2.75) is 13.5 Å². The van der Waals surface area contributed by atoms with E-state index in [1.807, 2.05) is 30.3 Å². The van der Waals surface area contributed by atoms with Crippen molar-refractivity contribution in [3.05, 3.63) is 64.2 Å². The molecule has 24 heavy (non-hydrogen) atoms. The number of hydrogen-bond donors (Lipinski definition) is 1. The number of amides is 1. The number of halogens is 1. The zero-order chi connectivity index (χ0) is 17.1. The van der Waals surface area contributed by atoms with Crippen LogP contribution in [-0.4, -0.2) is 37.0 Å². The molecule has 1 heterocycles. The van der Waals surface area contributed by atoms with E-state index in [0.717, 1.165) is 43.3 Å². The number of nitrogens with zero attached hydrogens (tertiary/aromatic N) is 2. The molecule has 0 atom stereocenters. The van der Waals surface area contributed by atoms with E-state index in [4.69, 9.17) is 17.3 Å². The van der Waals surface area contributed by atoms with Gasteiger partial charge >= 0.3 is 0 Å². The summed E-state index contributed by atoms with van der Waals surface area (Å²) in [6, 6.07) is 13.6. The van der Waals surface area contributed by atoms with E-state index in [1.165, 1.54) is 11.3 Å². The first-order valence-electron chi connectivity index (χ1n) is 8.15. The lowest BCUT2D eigenvalue weighted by atomic mass is 10.1. The van der Waals surface area contributed by atoms with Gasteiger partial charge in [-0.15, -0.1) is 0 Å². The molecule has 126 valence electrons. The third-order valence-electron chi connectivity index (χ3n) is 4.50. The minimum atomic E-state index is -0.377. The molecule has 2 N–H and O–H groups in total. The van der Waals surface area contributed by atoms with Crippen LogP contribution in [0.25, 0.3) is 0 Å². The Balaban J connectivity index is 1.62. The van der Waals surface area contributed by atoms with E-state index in [0.29, 0.717) is 5.56 Å². The molecule has 0 radical (unpaired) electrons. The summed E-state index contributed by atoms with van der Waals surface area (Å²) in [6.07, 6.45) is 0. The van der Waals surface area contributed by atoms with Gasteiger partial charge in [0, 0.05) is 49.0 Å². The maximum absolute atomic E-state index is 11.3. The Morgan fingerprint density at radius 2 is 1.88 bits per heavy atom. The zero-order valence-corrected chi connectivity index (χ0v) is 14.6. The fourth-order valence-corrected chi connectivity index (χ4v) is 3.32. The number of rotatable bonds is 4. The highest BCUT2D eigenvalue weighted by Gasteiger charge is 2.19. The Hall–Kier alpha value is -2.04. The van der Waals surface area contributed by atoms with Crippen molar-refractivity contribution in [3.63, 3.8) is 0 Å². The fraction of sp³-hybridized carbons (Fsp3) is 0.316. The van der Waals surface area contributed by atoms with Gasteiger partial charge in [0.15, 0.2) is 0 Å². The number of primary amides is 1. The largest absolute Gasteiger partial charge is 0.369 e. The first kappa shape index (κ1) is 16.8. The van der Waals surface area contributed by atoms with Crippen LogP contribution in [-0.2, 0) is 6.54 Å². The van der Waals surface area contributed by atoms with E-state index in [-0.39, 0.29) is 5.91 Å². The number of hydrogen-bond acceptors (Lipinski definition) is 3. The highest BCUT2D eigenvalue weighted by molar-refractivity contribution is 6.30. The van der Waals surface area contributed by atoms with Crippen LogP contribution in [0.5, 0.6) is 0 Å². The minimum absolute atomic E-state index is 0.377. The van der Waals surface area contributed by atoms with Gasteiger partial charge in [0.05, 0.1) is 0 Å². The molecule has 1 saturated heterocycles. The number of benzene rings is 2. The van der Waals surface area contributed by atoms with Crippen molar-refractivity contribution in [2.75, 3.05) is 31.1 Å². The average molecular weight is 344 g/mol. The summed E-state index contributed by atoms with van der Waals surface area (Å²) in [5.74, 6) is -0.377. The molecule has 4 nitrogen and oxygen atoms in total. The van der Waals surface area contributed by atoms with Gasteiger partial charge in [-0.25, -0.2) is 0 Å². The number of anilines is 1. The minimum Gasteiger partial charge on any atom is -0.369 e. The van der Waals surface area contributed by atoms with Crippen molar-refractivity contribution >= 4 is 23.2 Å². The monoisotopic (exact) mass is 343 g/mol. The van der Waals surface area contributed by atoms with E-state index in [9.17, 15) is 4.79 Å². The molecule has 5 heteroatoms. The molecule has 0 bridgehead atoms. The van der Waals surface area contributed by atoms with Crippen LogP contribution in [0.3, 0.4) is 0 Å². The van der Waals surface area contributed by atoms with E-state index >= 15 is 0 Å². The molecule has 2 aromatic carbocycles. The second-order valence-electron chi connectivity index (χ2n) is 6.26. The van der Waals surface area contributed by atoms with Gasteiger partial charge in [0.1, 0.15) is 0 Å². The zero-order valence-electron chi connectivity index (χ0n) is 13.8. The second-order valence-corrected chi connectivity index (χ2v) is 6.70. The normalized spacial score (nSPS) is 15.5. The van der Waals surface area contributed by atoms with Gasteiger partial charge in [0.2, 0.25) is 5.91 Å². The van der Waals surface area contributed by atoms with Crippen LogP contribution in [0.15, 0.2) is 42.5 Å². The molecule has 2 aromatic rings. The van der Waals surface area contributed by atoms with Crippen molar-refractivity contribution in [3.8, 4) is 0 Å².